The summed E-state index contributed by atoms with van der Waals surface area (Å²) < 4.78 is 0. The minimum atomic E-state index is 0.585. The van der Waals surface area contributed by atoms with Crippen LogP contribution in [0.5, 0.6) is 0 Å². The van der Waals surface area contributed by atoms with Crippen LogP contribution in [0.3, 0.4) is 0 Å². The predicted octanol–water partition coefficient (Wildman–Crippen LogP) is 1.49. The molecule has 0 heterocycles. The van der Waals surface area contributed by atoms with Gasteiger partial charge in [0.05, 0.1) is 0 Å². The van der Waals surface area contributed by atoms with Crippen LogP contribution in [0.4, 0.5) is 0 Å². The Hall–Kier alpha value is -0.770. The fourth-order valence-electron chi connectivity index (χ4n) is 0.982. The summed E-state index contributed by atoms with van der Waals surface area (Å²) in [7, 11) is 0. The Morgan fingerprint density at radius 3 is 2.47 bits per heavy atom. The van der Waals surface area contributed by atoms with Crippen LogP contribution in [0, 0.1) is 11.8 Å². The molecule has 4 heteroatoms. The largest absolute Gasteiger partial charge is 0.355 e. The Kier molecular flexibility index (Phi) is 8.09. The highest BCUT2D eigenvalue weighted by Gasteiger charge is 2.06. The van der Waals surface area contributed by atoms with Crippen molar-refractivity contribution in [2.24, 2.45) is 22.7 Å². The summed E-state index contributed by atoms with van der Waals surface area (Å²) in [6, 6.07) is 0. The van der Waals surface area contributed by atoms with E-state index in [4.69, 9.17) is 5.84 Å². The highest BCUT2D eigenvalue weighted by atomic mass is 15.3. The van der Waals surface area contributed by atoms with Gasteiger partial charge in [-0.2, -0.15) is 0 Å². The summed E-state index contributed by atoms with van der Waals surface area (Å²) >= 11 is 0. The lowest BCUT2D eigenvalue weighted by Crippen LogP contribution is -2.42. The number of unbranched alkanes of at least 4 members (excludes halogenated alkanes) is 1. The van der Waals surface area contributed by atoms with Crippen molar-refractivity contribution in [2.45, 2.75) is 40.5 Å². The topological polar surface area (TPSA) is 62.4 Å². The summed E-state index contributed by atoms with van der Waals surface area (Å²) in [4.78, 5) is 4.40. The molecule has 4 N–H and O–H groups in total. The molecule has 90 valence electrons. The van der Waals surface area contributed by atoms with Crippen LogP contribution >= 0.6 is 0 Å². The Balaban J connectivity index is 3.88. The fourth-order valence-corrected chi connectivity index (χ4v) is 0.982. The molecule has 0 aliphatic rings. The molecule has 0 bridgehead atoms. The molecule has 0 fully saturated rings. The Morgan fingerprint density at radius 1 is 1.33 bits per heavy atom. The lowest BCUT2D eigenvalue weighted by Gasteiger charge is -2.14. The van der Waals surface area contributed by atoms with Crippen LogP contribution in [-0.4, -0.2) is 19.0 Å². The number of guanidine groups is 1. The van der Waals surface area contributed by atoms with Gasteiger partial charge in [-0.15, -0.1) is 0 Å². The van der Waals surface area contributed by atoms with Gasteiger partial charge in [-0.3, -0.25) is 10.4 Å². The SMILES string of the molecule is CCCCNC(=NCC(C)C(C)C)NN. The third-order valence-electron chi connectivity index (χ3n) is 2.63. The number of nitrogens with one attached hydrogen (secondary N) is 2. The summed E-state index contributed by atoms with van der Waals surface area (Å²) in [5, 5.41) is 3.18. The zero-order valence-electron chi connectivity index (χ0n) is 10.5. The molecule has 0 amide bonds. The number of rotatable bonds is 6. The number of aliphatic imine (C=N–C) groups is 1. The van der Waals surface area contributed by atoms with Crippen LogP contribution in [-0.2, 0) is 0 Å². The molecule has 4 nitrogen and oxygen atoms in total. The molecule has 0 aliphatic carbocycles. The van der Waals surface area contributed by atoms with Crippen LogP contribution in [0.1, 0.15) is 40.5 Å². The van der Waals surface area contributed by atoms with E-state index in [2.05, 4.69) is 43.4 Å². The van der Waals surface area contributed by atoms with E-state index in [0.29, 0.717) is 17.8 Å². The van der Waals surface area contributed by atoms with Gasteiger partial charge in [0.15, 0.2) is 0 Å². The third-order valence-corrected chi connectivity index (χ3v) is 2.63. The first kappa shape index (κ1) is 14.2. The van der Waals surface area contributed by atoms with E-state index in [1.165, 1.54) is 6.42 Å². The third kappa shape index (κ3) is 7.19. The first-order chi connectivity index (χ1) is 7.11. The summed E-state index contributed by atoms with van der Waals surface area (Å²) in [6.07, 6.45) is 2.31. The quantitative estimate of drug-likeness (QED) is 0.206. The average molecular weight is 214 g/mol. The molecule has 0 aromatic carbocycles. The minimum Gasteiger partial charge on any atom is -0.355 e. The van der Waals surface area contributed by atoms with Crippen LogP contribution in [0.2, 0.25) is 0 Å². The smallest absolute Gasteiger partial charge is 0.205 e. The Morgan fingerprint density at radius 2 is 2.00 bits per heavy atom. The molecule has 15 heavy (non-hydrogen) atoms. The van der Waals surface area contributed by atoms with Crippen molar-refractivity contribution in [1.29, 1.82) is 0 Å². The van der Waals surface area contributed by atoms with Crippen LogP contribution in [0.25, 0.3) is 0 Å². The van der Waals surface area contributed by atoms with Gasteiger partial charge in [-0.1, -0.05) is 34.1 Å². The van der Waals surface area contributed by atoms with Gasteiger partial charge >= 0.3 is 0 Å². The first-order valence-electron chi connectivity index (χ1n) is 5.86. The maximum Gasteiger partial charge on any atom is 0.205 e. The Bertz CT molecular complexity index is 177. The van der Waals surface area contributed by atoms with Crippen molar-refractivity contribution in [1.82, 2.24) is 10.7 Å². The lowest BCUT2D eigenvalue weighted by atomic mass is 9.99. The molecular formula is C11H26N4. The zero-order chi connectivity index (χ0) is 11.7. The molecule has 0 rings (SSSR count). The van der Waals surface area contributed by atoms with E-state index >= 15 is 0 Å². The molecule has 0 aliphatic heterocycles. The molecule has 0 radical (unpaired) electrons. The second-order valence-corrected chi connectivity index (χ2v) is 4.34. The maximum atomic E-state index is 5.37. The zero-order valence-corrected chi connectivity index (χ0v) is 10.5. The maximum absolute atomic E-state index is 5.37. The molecule has 0 spiro atoms. The van der Waals surface area contributed by atoms with Gasteiger partial charge in [0.25, 0.3) is 0 Å². The number of nitrogens with two attached hydrogens (primary N) is 1. The van der Waals surface area contributed by atoms with Gasteiger partial charge in [-0.25, -0.2) is 5.84 Å². The van der Waals surface area contributed by atoms with E-state index < -0.39 is 0 Å². The minimum absolute atomic E-state index is 0.585. The van der Waals surface area contributed by atoms with E-state index in [1.54, 1.807) is 0 Å². The standard InChI is InChI=1S/C11H26N4/c1-5-6-7-13-11(15-12)14-8-10(4)9(2)3/h9-10H,5-8,12H2,1-4H3,(H2,13,14,15). The normalized spacial score (nSPS) is 14.1. The van der Waals surface area contributed by atoms with Gasteiger partial charge in [0.1, 0.15) is 0 Å². The van der Waals surface area contributed by atoms with Crippen molar-refractivity contribution in [2.75, 3.05) is 13.1 Å². The van der Waals surface area contributed by atoms with Gasteiger partial charge in [-0.05, 0) is 18.3 Å². The van der Waals surface area contributed by atoms with Crippen LogP contribution in [0.15, 0.2) is 4.99 Å². The Labute approximate surface area is 93.7 Å². The number of hydrazine groups is 1. The molecule has 1 atom stereocenters. The number of hydrogen-bond acceptors (Lipinski definition) is 2. The number of nitrogens with zero attached hydrogens (tertiary/aromatic N) is 1. The van der Waals surface area contributed by atoms with E-state index in [9.17, 15) is 0 Å². The van der Waals surface area contributed by atoms with Gasteiger partial charge < -0.3 is 5.32 Å². The average Bonchev–Trinajstić information content (AvgIpc) is 2.22. The monoisotopic (exact) mass is 214 g/mol. The molecule has 1 unspecified atom stereocenters. The van der Waals surface area contributed by atoms with Crippen LogP contribution < -0.4 is 16.6 Å². The molecule has 0 saturated heterocycles. The second kappa shape index (κ2) is 8.53. The van der Waals surface area contributed by atoms with E-state index in [-0.39, 0.29) is 0 Å². The first-order valence-corrected chi connectivity index (χ1v) is 5.86. The molecule has 0 saturated carbocycles. The predicted molar refractivity (Wildman–Crippen MR) is 66.5 cm³/mol. The van der Waals surface area contributed by atoms with E-state index in [1.807, 2.05) is 0 Å². The highest BCUT2D eigenvalue weighted by molar-refractivity contribution is 5.79. The number of hydrogen-bond donors (Lipinski definition) is 3. The summed E-state index contributed by atoms with van der Waals surface area (Å²) in [6.45, 7) is 10.5. The molecule has 0 aromatic rings. The van der Waals surface area contributed by atoms with E-state index in [0.717, 1.165) is 19.5 Å². The molecular weight excluding hydrogens is 188 g/mol. The summed E-state index contributed by atoms with van der Waals surface area (Å²) in [5.41, 5.74) is 2.59. The fraction of sp³-hybridized carbons (Fsp3) is 0.909. The van der Waals surface area contributed by atoms with Gasteiger partial charge in [0, 0.05) is 13.1 Å². The van der Waals surface area contributed by atoms with Crippen molar-refractivity contribution in [3.05, 3.63) is 0 Å². The van der Waals surface area contributed by atoms with Crippen molar-refractivity contribution >= 4 is 5.96 Å². The van der Waals surface area contributed by atoms with Crippen molar-refractivity contribution in [3.8, 4) is 0 Å². The lowest BCUT2D eigenvalue weighted by molar-refractivity contribution is 0.429. The molecule has 0 aromatic heterocycles. The highest BCUT2D eigenvalue weighted by Crippen LogP contribution is 2.09. The second-order valence-electron chi connectivity index (χ2n) is 4.34. The van der Waals surface area contributed by atoms with Gasteiger partial charge in [0.2, 0.25) is 5.96 Å². The van der Waals surface area contributed by atoms with Crippen molar-refractivity contribution in [3.63, 3.8) is 0 Å². The van der Waals surface area contributed by atoms with Crippen molar-refractivity contribution < 1.29 is 0 Å². The summed E-state index contributed by atoms with van der Waals surface area (Å²) in [5.74, 6) is 7.32.